The summed E-state index contributed by atoms with van der Waals surface area (Å²) in [4.78, 5) is 0. The van der Waals surface area contributed by atoms with Gasteiger partial charge in [0.2, 0.25) is 0 Å². The van der Waals surface area contributed by atoms with E-state index in [4.69, 9.17) is 0 Å². The molecule has 0 fully saturated rings. The number of thiophene rings is 1. The molecule has 1 atom stereocenters. The molecule has 1 unspecified atom stereocenters. The first-order chi connectivity index (χ1) is 25.8. The van der Waals surface area contributed by atoms with Crippen LogP contribution in [0.3, 0.4) is 0 Å². The summed E-state index contributed by atoms with van der Waals surface area (Å²) in [6, 6.07) is 73.7. The Morgan fingerprint density at radius 3 is 1.46 bits per heavy atom. The van der Waals surface area contributed by atoms with Gasteiger partial charge in [0.25, 0.3) is 0 Å². The SMILES string of the molecule is c1ccc(-c2ccc(C(c3ccc(-c4ccc(-c5cc6ccccc6c6ccccc56)cc4)cc3)c3ccc4sc5ccccc5c4c3)cc2)cc1. The highest BCUT2D eigenvalue weighted by molar-refractivity contribution is 7.25. The Morgan fingerprint density at radius 1 is 0.288 bits per heavy atom. The van der Waals surface area contributed by atoms with Crippen molar-refractivity contribution in [3.8, 4) is 33.4 Å². The minimum atomic E-state index is 0.102. The summed E-state index contributed by atoms with van der Waals surface area (Å²) in [7, 11) is 0. The van der Waals surface area contributed by atoms with Crippen LogP contribution in [0.25, 0.3) is 75.1 Å². The third-order valence-corrected chi connectivity index (χ3v) is 11.8. The predicted octanol–water partition coefficient (Wildman–Crippen LogP) is 14.5. The summed E-state index contributed by atoms with van der Waals surface area (Å²) >= 11 is 1.87. The zero-order valence-electron chi connectivity index (χ0n) is 28.5. The molecule has 0 N–H and O–H groups in total. The van der Waals surface area contributed by atoms with Gasteiger partial charge in [-0.1, -0.05) is 176 Å². The lowest BCUT2D eigenvalue weighted by atomic mass is 9.83. The fraction of sp³-hybridized carbons (Fsp3) is 0.0196. The zero-order valence-corrected chi connectivity index (χ0v) is 29.4. The van der Waals surface area contributed by atoms with Gasteiger partial charge in [0.15, 0.2) is 0 Å². The van der Waals surface area contributed by atoms with Crippen molar-refractivity contribution < 1.29 is 0 Å². The van der Waals surface area contributed by atoms with Crippen LogP contribution in [0.5, 0.6) is 0 Å². The zero-order chi connectivity index (χ0) is 34.4. The first-order valence-corrected chi connectivity index (χ1v) is 18.8. The molecule has 0 nitrogen and oxygen atoms in total. The fourth-order valence-corrected chi connectivity index (χ4v) is 9.09. The van der Waals surface area contributed by atoms with Gasteiger partial charge in [-0.15, -0.1) is 11.3 Å². The molecule has 1 aromatic heterocycles. The van der Waals surface area contributed by atoms with Gasteiger partial charge in [-0.05, 0) is 95.9 Å². The van der Waals surface area contributed by atoms with E-state index in [2.05, 4.69) is 200 Å². The second-order valence-electron chi connectivity index (χ2n) is 13.7. The Morgan fingerprint density at radius 2 is 0.769 bits per heavy atom. The highest BCUT2D eigenvalue weighted by Gasteiger charge is 2.19. The van der Waals surface area contributed by atoms with Crippen LogP contribution in [0.1, 0.15) is 22.6 Å². The van der Waals surface area contributed by atoms with E-state index in [0.29, 0.717) is 0 Å². The van der Waals surface area contributed by atoms with Crippen molar-refractivity contribution in [3.05, 3.63) is 217 Å². The van der Waals surface area contributed by atoms with Crippen molar-refractivity contribution in [2.75, 3.05) is 0 Å². The molecule has 0 radical (unpaired) electrons. The monoisotopic (exact) mass is 678 g/mol. The van der Waals surface area contributed by atoms with E-state index in [1.807, 2.05) is 11.3 Å². The Kier molecular flexibility index (Phi) is 7.52. The molecule has 0 bridgehead atoms. The van der Waals surface area contributed by atoms with Gasteiger partial charge in [0, 0.05) is 26.1 Å². The molecule has 0 aliphatic heterocycles. The highest BCUT2D eigenvalue weighted by Crippen LogP contribution is 2.40. The van der Waals surface area contributed by atoms with Crippen molar-refractivity contribution in [3.63, 3.8) is 0 Å². The van der Waals surface area contributed by atoms with E-state index in [1.54, 1.807) is 0 Å². The van der Waals surface area contributed by atoms with E-state index < -0.39 is 0 Å². The summed E-state index contributed by atoms with van der Waals surface area (Å²) in [5.41, 5.74) is 11.3. The number of rotatable bonds is 6. The van der Waals surface area contributed by atoms with Crippen molar-refractivity contribution in [2.45, 2.75) is 5.92 Å². The maximum absolute atomic E-state index is 2.42. The molecule has 0 aliphatic rings. The third-order valence-electron chi connectivity index (χ3n) is 10.6. The Labute approximate surface area is 307 Å². The first kappa shape index (κ1) is 30.5. The Bertz CT molecular complexity index is 2860. The maximum Gasteiger partial charge on any atom is 0.0355 e. The quantitative estimate of drug-likeness (QED) is 0.121. The molecule has 0 saturated carbocycles. The molecular formula is C51H34S. The number of fused-ring (bicyclic) bond motifs is 6. The van der Waals surface area contributed by atoms with Gasteiger partial charge in [0.1, 0.15) is 0 Å². The van der Waals surface area contributed by atoms with Crippen LogP contribution in [0.4, 0.5) is 0 Å². The summed E-state index contributed by atoms with van der Waals surface area (Å²) in [6.45, 7) is 0. The van der Waals surface area contributed by atoms with Gasteiger partial charge in [-0.25, -0.2) is 0 Å². The molecule has 0 aliphatic carbocycles. The molecule has 52 heavy (non-hydrogen) atoms. The highest BCUT2D eigenvalue weighted by atomic mass is 32.1. The molecule has 244 valence electrons. The molecule has 0 spiro atoms. The van der Waals surface area contributed by atoms with E-state index in [9.17, 15) is 0 Å². The second-order valence-corrected chi connectivity index (χ2v) is 14.7. The van der Waals surface area contributed by atoms with Crippen LogP contribution >= 0.6 is 11.3 Å². The lowest BCUT2D eigenvalue weighted by Crippen LogP contribution is -2.03. The predicted molar refractivity (Wildman–Crippen MR) is 224 cm³/mol. The van der Waals surface area contributed by atoms with Gasteiger partial charge < -0.3 is 0 Å². The normalized spacial score (nSPS) is 12.2. The standard InChI is InChI=1S/C51H34S/c1-2-10-34(11-3-1)35-20-26-39(27-21-35)51(42-30-31-50-48(33-42)46-16-8-9-17-49(46)52-50)40-28-22-37(23-29-40)36-18-24-38(25-19-36)47-32-41-12-4-5-13-43(41)44-14-6-7-15-45(44)47/h1-33,51H. The number of hydrogen-bond acceptors (Lipinski definition) is 1. The first-order valence-electron chi connectivity index (χ1n) is 17.9. The second kappa shape index (κ2) is 12.8. The van der Waals surface area contributed by atoms with Gasteiger partial charge in [-0.2, -0.15) is 0 Å². The summed E-state index contributed by atoms with van der Waals surface area (Å²) in [5, 5.41) is 7.82. The average molecular weight is 679 g/mol. The van der Waals surface area contributed by atoms with Gasteiger partial charge in [0.05, 0.1) is 0 Å². The summed E-state index contributed by atoms with van der Waals surface area (Å²) in [6.07, 6.45) is 0. The molecule has 1 heterocycles. The lowest BCUT2D eigenvalue weighted by molar-refractivity contribution is 0.981. The largest absolute Gasteiger partial charge is 0.135 e. The fourth-order valence-electron chi connectivity index (χ4n) is 8.00. The van der Waals surface area contributed by atoms with Gasteiger partial charge >= 0.3 is 0 Å². The summed E-state index contributed by atoms with van der Waals surface area (Å²) in [5.74, 6) is 0.102. The van der Waals surface area contributed by atoms with Crippen LogP contribution in [-0.2, 0) is 0 Å². The number of benzene rings is 9. The maximum atomic E-state index is 2.42. The third kappa shape index (κ3) is 5.39. The average Bonchev–Trinajstić information content (AvgIpc) is 3.60. The van der Waals surface area contributed by atoms with Gasteiger partial charge in [-0.3, -0.25) is 0 Å². The van der Waals surface area contributed by atoms with E-state index in [-0.39, 0.29) is 5.92 Å². The molecule has 10 aromatic rings. The smallest absolute Gasteiger partial charge is 0.0355 e. The number of hydrogen-bond donors (Lipinski definition) is 0. The van der Waals surface area contributed by atoms with Crippen LogP contribution in [-0.4, -0.2) is 0 Å². The van der Waals surface area contributed by atoms with Crippen molar-refractivity contribution in [1.29, 1.82) is 0 Å². The molecule has 0 amide bonds. The van der Waals surface area contributed by atoms with E-state index >= 15 is 0 Å². The van der Waals surface area contributed by atoms with Crippen LogP contribution in [0.2, 0.25) is 0 Å². The molecule has 0 saturated heterocycles. The van der Waals surface area contributed by atoms with Crippen LogP contribution in [0, 0.1) is 0 Å². The molecule has 10 rings (SSSR count). The minimum Gasteiger partial charge on any atom is -0.135 e. The Hall–Kier alpha value is -6.28. The van der Waals surface area contributed by atoms with E-state index in [0.717, 1.165) is 0 Å². The Balaban J connectivity index is 1.02. The molecular weight excluding hydrogens is 645 g/mol. The van der Waals surface area contributed by atoms with E-state index in [1.165, 1.54) is 91.8 Å². The topological polar surface area (TPSA) is 0 Å². The molecule has 9 aromatic carbocycles. The summed E-state index contributed by atoms with van der Waals surface area (Å²) < 4.78 is 2.67. The molecule has 1 heteroatoms. The van der Waals surface area contributed by atoms with Crippen molar-refractivity contribution >= 4 is 53.1 Å². The van der Waals surface area contributed by atoms with Crippen LogP contribution in [0.15, 0.2) is 200 Å². The van der Waals surface area contributed by atoms with Crippen molar-refractivity contribution in [1.82, 2.24) is 0 Å². The minimum absolute atomic E-state index is 0.102. The van der Waals surface area contributed by atoms with Crippen molar-refractivity contribution in [2.24, 2.45) is 0 Å². The van der Waals surface area contributed by atoms with Crippen LogP contribution < -0.4 is 0 Å². The lowest BCUT2D eigenvalue weighted by Gasteiger charge is -2.20.